The van der Waals surface area contributed by atoms with Crippen LogP contribution in [0.1, 0.15) is 19.8 Å². The molecule has 1 heteroatoms. The summed E-state index contributed by atoms with van der Waals surface area (Å²) in [6.45, 7) is 3.15. The van der Waals surface area contributed by atoms with E-state index in [1.54, 1.807) is 0 Å². The second-order valence-corrected chi connectivity index (χ2v) is 23.5. The highest BCUT2D eigenvalue weighted by Crippen LogP contribution is 2.48. The molecule has 0 unspecified atom stereocenters. The van der Waals surface area contributed by atoms with Crippen LogP contribution < -0.4 is 0 Å². The van der Waals surface area contributed by atoms with Crippen molar-refractivity contribution in [2.24, 2.45) is 0 Å². The molecule has 0 aliphatic heterocycles. The SMILES string of the molecule is CCCCn1c2c(-c3cc(-c4ccccc4)cc(-c4ccccc4)c3)cc(-c3cc(-c4ccccc4)cc(-c4ccccc4)c3)cc2c2cc(-c3cc(-c4ccccc4)cc(-c4ccccc4)c3)cc(-c3cc(-c4ccccc4)cc(-c4ccccc4)c3)c21. The van der Waals surface area contributed by atoms with Crippen molar-refractivity contribution in [2.75, 3.05) is 0 Å². The van der Waals surface area contributed by atoms with Crippen LogP contribution in [0.3, 0.4) is 0 Å². The van der Waals surface area contributed by atoms with Crippen LogP contribution in [-0.2, 0) is 6.54 Å². The minimum absolute atomic E-state index is 0.826. The van der Waals surface area contributed by atoms with Crippen LogP contribution in [0.5, 0.6) is 0 Å². The van der Waals surface area contributed by atoms with Gasteiger partial charge in [-0.1, -0.05) is 256 Å². The number of nitrogens with zero attached hydrogens (tertiary/aromatic N) is 1. The summed E-state index contributed by atoms with van der Waals surface area (Å²) < 4.78 is 2.72. The molecule has 0 spiro atoms. The standard InChI is InChI=1S/C88H65N/c1-2-3-44-89-87-83(81-53-73(65-36-20-8-21-37-65)47-74(54-81)66-38-22-9-23-39-66)57-79(77-49-69(61-28-12-4-13-29-61)45-70(50-77)62-30-14-5-15-31-62)59-85(87)86-60-80(78-51-71(63-32-16-6-17-33-63)46-72(52-78)64-34-18-7-19-35-64)58-84(88(86)89)82-55-75(67-40-24-10-25-41-67)48-76(56-82)68-42-26-11-27-43-68/h4-43,45-60H,2-3,44H2,1H3. The van der Waals surface area contributed by atoms with Gasteiger partial charge in [0.05, 0.1) is 11.0 Å². The maximum atomic E-state index is 2.72. The van der Waals surface area contributed by atoms with E-state index in [0.717, 1.165) is 41.6 Å². The van der Waals surface area contributed by atoms with Crippen molar-refractivity contribution in [3.63, 3.8) is 0 Å². The minimum Gasteiger partial charge on any atom is -0.339 e. The molecule has 1 aromatic heterocycles. The zero-order valence-electron chi connectivity index (χ0n) is 49.9. The maximum Gasteiger partial charge on any atom is 0.0571 e. The third-order valence-corrected chi connectivity index (χ3v) is 17.7. The molecule has 0 aliphatic carbocycles. The number of hydrogen-bond acceptors (Lipinski definition) is 0. The summed E-state index contributed by atoms with van der Waals surface area (Å²) in [5, 5.41) is 2.43. The third kappa shape index (κ3) is 11.1. The van der Waals surface area contributed by atoms with E-state index >= 15 is 0 Å². The van der Waals surface area contributed by atoms with Gasteiger partial charge in [0.2, 0.25) is 0 Å². The van der Waals surface area contributed by atoms with Gasteiger partial charge in [-0.15, -0.1) is 0 Å². The molecule has 89 heavy (non-hydrogen) atoms. The molecule has 0 N–H and O–H groups in total. The lowest BCUT2D eigenvalue weighted by Gasteiger charge is -2.18. The molecule has 0 aliphatic rings. The van der Waals surface area contributed by atoms with Gasteiger partial charge in [-0.25, -0.2) is 0 Å². The van der Waals surface area contributed by atoms with E-state index in [9.17, 15) is 0 Å². The molecular formula is C88H65N. The first-order chi connectivity index (χ1) is 44.0. The quantitative estimate of drug-likeness (QED) is 0.0964. The average molecular weight is 1140 g/mol. The Kier molecular flexibility index (Phi) is 14.9. The van der Waals surface area contributed by atoms with Crippen molar-refractivity contribution in [1.82, 2.24) is 4.57 Å². The first kappa shape index (κ1) is 54.5. The summed E-state index contributed by atoms with van der Waals surface area (Å²) >= 11 is 0. The van der Waals surface area contributed by atoms with Crippen LogP contribution in [-0.4, -0.2) is 4.57 Å². The number of fused-ring (bicyclic) bond motifs is 3. The lowest BCUT2D eigenvalue weighted by molar-refractivity contribution is 0.665. The topological polar surface area (TPSA) is 4.93 Å². The van der Waals surface area contributed by atoms with Crippen molar-refractivity contribution in [1.29, 1.82) is 0 Å². The highest BCUT2D eigenvalue weighted by Gasteiger charge is 2.24. The van der Waals surface area contributed by atoms with E-state index in [0.29, 0.717) is 0 Å². The molecule has 15 aromatic rings. The van der Waals surface area contributed by atoms with Crippen molar-refractivity contribution < 1.29 is 0 Å². The molecular weight excluding hydrogens is 1070 g/mol. The fourth-order valence-corrected chi connectivity index (χ4v) is 13.2. The highest BCUT2D eigenvalue weighted by molar-refractivity contribution is 6.19. The maximum absolute atomic E-state index is 2.72. The smallest absolute Gasteiger partial charge is 0.0571 e. The Labute approximate surface area is 522 Å². The zero-order valence-corrected chi connectivity index (χ0v) is 49.9. The van der Waals surface area contributed by atoms with Crippen molar-refractivity contribution in [3.05, 3.63) is 340 Å². The van der Waals surface area contributed by atoms with Crippen LogP contribution in [0.15, 0.2) is 340 Å². The van der Waals surface area contributed by atoms with Gasteiger partial charge < -0.3 is 4.57 Å². The van der Waals surface area contributed by atoms with Gasteiger partial charge >= 0.3 is 0 Å². The Morgan fingerprint density at radius 1 is 0.191 bits per heavy atom. The summed E-state index contributed by atoms with van der Waals surface area (Å²) in [5.74, 6) is 0. The fourth-order valence-electron chi connectivity index (χ4n) is 13.2. The summed E-state index contributed by atoms with van der Waals surface area (Å²) in [4.78, 5) is 0. The number of unbranched alkanes of at least 4 members (excludes halogenated alkanes) is 1. The van der Waals surface area contributed by atoms with E-state index in [-0.39, 0.29) is 0 Å². The lowest BCUT2D eigenvalue weighted by Crippen LogP contribution is -2.01. The molecule has 1 heterocycles. The average Bonchev–Trinajstić information content (AvgIpc) is 1.64. The Balaban J connectivity index is 1.11. The monoisotopic (exact) mass is 1140 g/mol. The zero-order chi connectivity index (χ0) is 59.5. The summed E-state index contributed by atoms with van der Waals surface area (Å²) in [6.07, 6.45) is 2.04. The molecule has 0 bridgehead atoms. The van der Waals surface area contributed by atoms with Crippen LogP contribution in [0.2, 0.25) is 0 Å². The van der Waals surface area contributed by atoms with Crippen LogP contribution in [0.25, 0.3) is 155 Å². The second kappa shape index (κ2) is 24.3. The molecule has 0 amide bonds. The van der Waals surface area contributed by atoms with Crippen LogP contribution in [0, 0.1) is 0 Å². The molecule has 1 nitrogen and oxygen atoms in total. The van der Waals surface area contributed by atoms with E-state index in [1.807, 2.05) is 0 Å². The van der Waals surface area contributed by atoms with Crippen molar-refractivity contribution >= 4 is 21.8 Å². The first-order valence-corrected chi connectivity index (χ1v) is 31.2. The van der Waals surface area contributed by atoms with E-state index in [4.69, 9.17) is 0 Å². The van der Waals surface area contributed by atoms with Gasteiger partial charge in [0.25, 0.3) is 0 Å². The second-order valence-electron chi connectivity index (χ2n) is 23.5. The highest BCUT2D eigenvalue weighted by atomic mass is 15.0. The molecule has 0 fully saturated rings. The van der Waals surface area contributed by atoms with Gasteiger partial charge in [-0.05, 0) is 226 Å². The molecule has 0 atom stereocenters. The van der Waals surface area contributed by atoms with Crippen LogP contribution >= 0.6 is 0 Å². The minimum atomic E-state index is 0.826. The largest absolute Gasteiger partial charge is 0.339 e. The van der Waals surface area contributed by atoms with Gasteiger partial charge in [-0.3, -0.25) is 0 Å². The van der Waals surface area contributed by atoms with E-state index in [1.165, 1.54) is 133 Å². The Bertz CT molecular complexity index is 4430. The van der Waals surface area contributed by atoms with Gasteiger partial charge in [0.15, 0.2) is 0 Å². The molecule has 422 valence electrons. The summed E-state index contributed by atoms with van der Waals surface area (Å²) in [6, 6.07) is 126. The Morgan fingerprint density at radius 3 is 0.573 bits per heavy atom. The number of hydrogen-bond donors (Lipinski definition) is 0. The van der Waals surface area contributed by atoms with E-state index < -0.39 is 0 Å². The number of aryl methyl sites for hydroxylation is 1. The van der Waals surface area contributed by atoms with Gasteiger partial charge in [-0.2, -0.15) is 0 Å². The number of aromatic nitrogens is 1. The molecule has 0 saturated heterocycles. The number of rotatable bonds is 15. The molecule has 0 saturated carbocycles. The lowest BCUT2D eigenvalue weighted by atomic mass is 9.88. The Hall–Kier alpha value is -11.1. The molecule has 0 radical (unpaired) electrons. The normalized spacial score (nSPS) is 11.3. The third-order valence-electron chi connectivity index (χ3n) is 17.7. The number of benzene rings is 14. The van der Waals surface area contributed by atoms with E-state index in [2.05, 4.69) is 351 Å². The predicted molar refractivity (Wildman–Crippen MR) is 380 cm³/mol. The Morgan fingerprint density at radius 2 is 0.371 bits per heavy atom. The van der Waals surface area contributed by atoms with Gasteiger partial charge in [0, 0.05) is 28.4 Å². The molecule has 14 aromatic carbocycles. The summed E-state index contributed by atoms with van der Waals surface area (Å²) in [5.41, 5.74) is 30.7. The summed E-state index contributed by atoms with van der Waals surface area (Å²) in [7, 11) is 0. The van der Waals surface area contributed by atoms with Crippen molar-refractivity contribution in [2.45, 2.75) is 26.3 Å². The van der Waals surface area contributed by atoms with Gasteiger partial charge in [0.1, 0.15) is 0 Å². The van der Waals surface area contributed by atoms with Crippen LogP contribution in [0.4, 0.5) is 0 Å². The van der Waals surface area contributed by atoms with Crippen molar-refractivity contribution in [3.8, 4) is 134 Å². The molecule has 15 rings (SSSR count). The predicted octanol–water partition coefficient (Wildman–Crippen LogP) is 24.6. The fraction of sp³-hybridized carbons (Fsp3) is 0.0455. The first-order valence-electron chi connectivity index (χ1n) is 31.2.